The molecule has 4 heteroatoms. The Kier molecular flexibility index (Phi) is 5.33. The summed E-state index contributed by atoms with van der Waals surface area (Å²) >= 11 is 1.74. The Labute approximate surface area is 132 Å². The maximum Gasteiger partial charge on any atom is 0.239 e. The first-order chi connectivity index (χ1) is 9.95. The van der Waals surface area contributed by atoms with Gasteiger partial charge in [0.15, 0.2) is 0 Å². The lowest BCUT2D eigenvalue weighted by Crippen LogP contribution is -2.43. The normalized spacial score (nSPS) is 22.3. The van der Waals surface area contributed by atoms with E-state index >= 15 is 0 Å². The quantitative estimate of drug-likeness (QED) is 0.910. The third-order valence-electron chi connectivity index (χ3n) is 4.41. The standard InChI is InChI=1S/C17H26N2OS/c1-17(2)12-19(16(20)15(18)9-10-21-3)11-14(17)13-7-5-4-6-8-13/h4-8,14-15H,9-12,18H2,1-3H3/t14-,15-/m0/s1. The minimum Gasteiger partial charge on any atom is -0.340 e. The van der Waals surface area contributed by atoms with E-state index in [9.17, 15) is 4.79 Å². The summed E-state index contributed by atoms with van der Waals surface area (Å²) in [6.45, 7) is 6.05. The Bertz CT molecular complexity index is 475. The van der Waals surface area contributed by atoms with Gasteiger partial charge < -0.3 is 10.6 Å². The van der Waals surface area contributed by atoms with Crippen LogP contribution in [0, 0.1) is 5.41 Å². The fourth-order valence-corrected chi connectivity index (χ4v) is 3.64. The van der Waals surface area contributed by atoms with Crippen LogP contribution < -0.4 is 5.73 Å². The van der Waals surface area contributed by atoms with Crippen LogP contribution in [0.3, 0.4) is 0 Å². The lowest BCUT2D eigenvalue weighted by atomic mass is 9.78. The first-order valence-electron chi connectivity index (χ1n) is 7.54. The zero-order valence-corrected chi connectivity index (χ0v) is 14.0. The highest BCUT2D eigenvalue weighted by Crippen LogP contribution is 2.42. The van der Waals surface area contributed by atoms with E-state index in [-0.39, 0.29) is 17.4 Å². The number of carbonyl (C=O) groups is 1. The Hall–Kier alpha value is -1.00. The lowest BCUT2D eigenvalue weighted by molar-refractivity contribution is -0.131. The molecule has 116 valence electrons. The summed E-state index contributed by atoms with van der Waals surface area (Å²) in [5.41, 5.74) is 7.46. The van der Waals surface area contributed by atoms with E-state index < -0.39 is 0 Å². The van der Waals surface area contributed by atoms with Gasteiger partial charge in [-0.25, -0.2) is 0 Å². The van der Waals surface area contributed by atoms with Gasteiger partial charge in [-0.2, -0.15) is 11.8 Å². The highest BCUT2D eigenvalue weighted by Gasteiger charge is 2.42. The molecule has 0 radical (unpaired) electrons. The van der Waals surface area contributed by atoms with Crippen molar-refractivity contribution in [3.05, 3.63) is 35.9 Å². The van der Waals surface area contributed by atoms with Crippen molar-refractivity contribution < 1.29 is 4.79 Å². The summed E-state index contributed by atoms with van der Waals surface area (Å²) in [6, 6.07) is 10.1. The Morgan fingerprint density at radius 1 is 1.43 bits per heavy atom. The maximum absolute atomic E-state index is 12.5. The molecule has 21 heavy (non-hydrogen) atoms. The van der Waals surface area contributed by atoms with Gasteiger partial charge in [0.05, 0.1) is 6.04 Å². The lowest BCUT2D eigenvalue weighted by Gasteiger charge is -2.25. The number of hydrogen-bond acceptors (Lipinski definition) is 3. The van der Waals surface area contributed by atoms with Crippen molar-refractivity contribution in [2.75, 3.05) is 25.1 Å². The summed E-state index contributed by atoms with van der Waals surface area (Å²) in [5.74, 6) is 1.43. The molecule has 1 aliphatic heterocycles. The van der Waals surface area contributed by atoms with E-state index in [4.69, 9.17) is 5.73 Å². The fraction of sp³-hybridized carbons (Fsp3) is 0.588. The monoisotopic (exact) mass is 306 g/mol. The summed E-state index contributed by atoms with van der Waals surface area (Å²) in [5, 5.41) is 0. The van der Waals surface area contributed by atoms with E-state index in [1.54, 1.807) is 11.8 Å². The van der Waals surface area contributed by atoms with Gasteiger partial charge in [0.25, 0.3) is 0 Å². The third kappa shape index (κ3) is 3.80. The second-order valence-corrected chi connectivity index (χ2v) is 7.54. The summed E-state index contributed by atoms with van der Waals surface area (Å²) in [6.07, 6.45) is 2.80. The van der Waals surface area contributed by atoms with Crippen LogP contribution in [-0.2, 0) is 4.79 Å². The van der Waals surface area contributed by atoms with E-state index in [2.05, 4.69) is 38.1 Å². The van der Waals surface area contributed by atoms with Gasteiger partial charge in [-0.05, 0) is 29.4 Å². The van der Waals surface area contributed by atoms with Crippen molar-refractivity contribution >= 4 is 17.7 Å². The number of amides is 1. The predicted molar refractivity (Wildman–Crippen MR) is 90.5 cm³/mol. The molecular formula is C17H26N2OS. The van der Waals surface area contributed by atoms with Gasteiger partial charge >= 0.3 is 0 Å². The van der Waals surface area contributed by atoms with E-state index in [0.717, 1.165) is 25.3 Å². The van der Waals surface area contributed by atoms with Crippen molar-refractivity contribution in [1.82, 2.24) is 4.90 Å². The summed E-state index contributed by atoms with van der Waals surface area (Å²) in [7, 11) is 0. The highest BCUT2D eigenvalue weighted by atomic mass is 32.2. The van der Waals surface area contributed by atoms with Gasteiger partial charge in [-0.15, -0.1) is 0 Å². The van der Waals surface area contributed by atoms with Crippen LogP contribution in [0.15, 0.2) is 30.3 Å². The molecule has 0 aromatic heterocycles. The minimum atomic E-state index is -0.359. The number of benzene rings is 1. The molecule has 1 heterocycles. The van der Waals surface area contributed by atoms with Crippen molar-refractivity contribution in [1.29, 1.82) is 0 Å². The zero-order valence-electron chi connectivity index (χ0n) is 13.2. The fourth-order valence-electron chi connectivity index (χ4n) is 3.15. The first-order valence-corrected chi connectivity index (χ1v) is 8.93. The van der Waals surface area contributed by atoms with Gasteiger partial charge in [0.2, 0.25) is 5.91 Å². The summed E-state index contributed by atoms with van der Waals surface area (Å²) in [4.78, 5) is 14.5. The smallest absolute Gasteiger partial charge is 0.239 e. The van der Waals surface area contributed by atoms with Crippen molar-refractivity contribution in [2.45, 2.75) is 32.2 Å². The summed E-state index contributed by atoms with van der Waals surface area (Å²) < 4.78 is 0. The molecule has 0 bridgehead atoms. The number of nitrogens with two attached hydrogens (primary N) is 1. The molecule has 3 nitrogen and oxygen atoms in total. The molecule has 2 rings (SSSR count). The molecule has 1 amide bonds. The second kappa shape index (κ2) is 6.84. The van der Waals surface area contributed by atoms with Crippen molar-refractivity contribution in [2.24, 2.45) is 11.1 Å². The van der Waals surface area contributed by atoms with Crippen LogP contribution in [0.2, 0.25) is 0 Å². The minimum absolute atomic E-state index is 0.0935. The molecule has 1 fully saturated rings. The average Bonchev–Trinajstić information content (AvgIpc) is 2.80. The van der Waals surface area contributed by atoms with Gasteiger partial charge in [-0.1, -0.05) is 44.2 Å². The Morgan fingerprint density at radius 3 is 2.71 bits per heavy atom. The number of carbonyl (C=O) groups excluding carboxylic acids is 1. The molecule has 1 saturated heterocycles. The van der Waals surface area contributed by atoms with Crippen molar-refractivity contribution in [3.8, 4) is 0 Å². The molecule has 1 aromatic rings. The molecule has 0 saturated carbocycles. The number of rotatable bonds is 5. The zero-order chi connectivity index (χ0) is 15.5. The number of nitrogens with zero attached hydrogens (tertiary/aromatic N) is 1. The number of thioether (sulfide) groups is 1. The molecule has 1 aromatic carbocycles. The molecular weight excluding hydrogens is 280 g/mol. The predicted octanol–water partition coefficient (Wildman–Crippen LogP) is 2.72. The van der Waals surface area contributed by atoms with E-state index in [1.807, 2.05) is 17.2 Å². The average molecular weight is 306 g/mol. The second-order valence-electron chi connectivity index (χ2n) is 6.56. The van der Waals surface area contributed by atoms with Gasteiger partial charge in [0.1, 0.15) is 0 Å². The van der Waals surface area contributed by atoms with Crippen LogP contribution in [0.1, 0.15) is 31.7 Å². The molecule has 2 atom stereocenters. The molecule has 0 spiro atoms. The molecule has 1 aliphatic rings. The third-order valence-corrected chi connectivity index (χ3v) is 5.05. The van der Waals surface area contributed by atoms with Crippen LogP contribution in [0.25, 0.3) is 0 Å². The first kappa shape index (κ1) is 16.4. The molecule has 0 aliphatic carbocycles. The van der Waals surface area contributed by atoms with Crippen LogP contribution >= 0.6 is 11.8 Å². The van der Waals surface area contributed by atoms with E-state index in [1.165, 1.54) is 5.56 Å². The van der Waals surface area contributed by atoms with Crippen LogP contribution in [0.4, 0.5) is 0 Å². The topological polar surface area (TPSA) is 46.3 Å². The maximum atomic E-state index is 12.5. The highest BCUT2D eigenvalue weighted by molar-refractivity contribution is 7.98. The van der Waals surface area contributed by atoms with E-state index in [0.29, 0.717) is 5.92 Å². The largest absolute Gasteiger partial charge is 0.340 e. The molecule has 2 N–H and O–H groups in total. The Morgan fingerprint density at radius 2 is 2.10 bits per heavy atom. The molecule has 0 unspecified atom stereocenters. The van der Waals surface area contributed by atoms with Crippen LogP contribution in [0.5, 0.6) is 0 Å². The number of likely N-dealkylation sites (tertiary alicyclic amines) is 1. The van der Waals surface area contributed by atoms with Crippen molar-refractivity contribution in [3.63, 3.8) is 0 Å². The van der Waals surface area contributed by atoms with Crippen LogP contribution in [-0.4, -0.2) is 41.9 Å². The van der Waals surface area contributed by atoms with Gasteiger partial charge in [0, 0.05) is 19.0 Å². The van der Waals surface area contributed by atoms with Gasteiger partial charge in [-0.3, -0.25) is 4.79 Å². The SMILES string of the molecule is CSCC[C@H](N)C(=O)N1C[C@@H](c2ccccc2)C(C)(C)C1. The number of hydrogen-bond donors (Lipinski definition) is 1. The Balaban J connectivity index is 2.07.